The molecule has 3 heteroatoms. The van der Waals surface area contributed by atoms with E-state index >= 15 is 0 Å². The Hall–Kier alpha value is -2.06. The van der Waals surface area contributed by atoms with Crippen LogP contribution in [-0.2, 0) is 0 Å². The fourth-order valence-corrected chi connectivity index (χ4v) is 2.11. The lowest BCUT2D eigenvalue weighted by molar-refractivity contribution is 0.535. The first-order valence-corrected chi connectivity index (χ1v) is 5.91. The third-order valence-electron chi connectivity index (χ3n) is 2.78. The second kappa shape index (κ2) is 4.31. The zero-order chi connectivity index (χ0) is 12.5. The molecule has 0 amide bonds. The van der Waals surface area contributed by atoms with E-state index in [0.717, 1.165) is 10.9 Å². The lowest BCUT2D eigenvalue weighted by Crippen LogP contribution is -1.99. The smallest absolute Gasteiger partial charge is 0.344 e. The molecule has 0 aliphatic heterocycles. The summed E-state index contributed by atoms with van der Waals surface area (Å²) in [6, 6.07) is 16.4. The van der Waals surface area contributed by atoms with Crippen molar-refractivity contribution < 1.29 is 4.42 Å². The molecular formula is C15H9ClO2. The van der Waals surface area contributed by atoms with E-state index in [4.69, 9.17) is 16.0 Å². The number of hydrogen-bond donors (Lipinski definition) is 0. The van der Waals surface area contributed by atoms with Gasteiger partial charge in [-0.2, -0.15) is 0 Å². The van der Waals surface area contributed by atoms with Gasteiger partial charge in [-0.15, -0.1) is 0 Å². The minimum Gasteiger partial charge on any atom is -0.422 e. The molecule has 88 valence electrons. The van der Waals surface area contributed by atoms with Crippen molar-refractivity contribution in [3.05, 3.63) is 70.0 Å². The molecule has 1 aromatic heterocycles. The highest BCUT2D eigenvalue weighted by Crippen LogP contribution is 2.24. The molecule has 1 heterocycles. The summed E-state index contributed by atoms with van der Waals surface area (Å²) in [5.41, 5.74) is 0.466. The second-order valence-corrected chi connectivity index (χ2v) is 4.43. The first-order valence-electron chi connectivity index (χ1n) is 5.53. The Balaban J connectivity index is 2.28. The largest absolute Gasteiger partial charge is 0.422 e. The molecule has 0 bridgehead atoms. The van der Waals surface area contributed by atoms with Crippen molar-refractivity contribution in [1.29, 1.82) is 0 Å². The molecule has 0 N–H and O–H groups in total. The topological polar surface area (TPSA) is 30.2 Å². The monoisotopic (exact) mass is 256 g/mol. The van der Waals surface area contributed by atoms with Gasteiger partial charge in [0, 0.05) is 10.6 Å². The van der Waals surface area contributed by atoms with Gasteiger partial charge in [0.05, 0.1) is 5.39 Å². The number of halogens is 1. The van der Waals surface area contributed by atoms with Crippen molar-refractivity contribution in [3.8, 4) is 11.3 Å². The van der Waals surface area contributed by atoms with Crippen LogP contribution in [-0.4, -0.2) is 0 Å². The predicted molar refractivity (Wildman–Crippen MR) is 72.9 cm³/mol. The molecular weight excluding hydrogens is 248 g/mol. The summed E-state index contributed by atoms with van der Waals surface area (Å²) in [5.74, 6) is 0.529. The summed E-state index contributed by atoms with van der Waals surface area (Å²) in [6.07, 6.45) is 0. The van der Waals surface area contributed by atoms with Crippen molar-refractivity contribution in [2.45, 2.75) is 0 Å². The maximum absolute atomic E-state index is 11.9. The zero-order valence-corrected chi connectivity index (χ0v) is 10.1. The molecule has 18 heavy (non-hydrogen) atoms. The van der Waals surface area contributed by atoms with Crippen molar-refractivity contribution in [1.82, 2.24) is 0 Å². The maximum atomic E-state index is 11.9. The Morgan fingerprint density at radius 2 is 1.78 bits per heavy atom. The molecule has 3 aromatic rings. The fourth-order valence-electron chi connectivity index (χ4n) is 1.92. The van der Waals surface area contributed by atoms with Crippen LogP contribution in [0, 0.1) is 0 Å². The Bertz CT molecular complexity index is 775. The molecule has 0 unspecified atom stereocenters. The molecule has 2 aromatic carbocycles. The number of rotatable bonds is 1. The van der Waals surface area contributed by atoms with Gasteiger partial charge in [0.15, 0.2) is 0 Å². The fraction of sp³-hybridized carbons (Fsp3) is 0. The summed E-state index contributed by atoms with van der Waals surface area (Å²) in [4.78, 5) is 11.9. The van der Waals surface area contributed by atoms with Gasteiger partial charge in [-0.3, -0.25) is 0 Å². The lowest BCUT2D eigenvalue weighted by Gasteiger charge is -2.02. The van der Waals surface area contributed by atoms with Crippen LogP contribution >= 0.6 is 11.6 Å². The second-order valence-electron chi connectivity index (χ2n) is 4.00. The Morgan fingerprint density at radius 1 is 0.944 bits per heavy atom. The molecule has 0 saturated carbocycles. The van der Waals surface area contributed by atoms with Crippen LogP contribution < -0.4 is 5.63 Å². The first-order chi connectivity index (χ1) is 8.74. The molecule has 0 fully saturated rings. The van der Waals surface area contributed by atoms with E-state index in [1.54, 1.807) is 18.2 Å². The van der Waals surface area contributed by atoms with E-state index in [0.29, 0.717) is 16.2 Å². The van der Waals surface area contributed by atoms with Gasteiger partial charge in [0.25, 0.3) is 0 Å². The number of fused-ring (bicyclic) bond motifs is 1. The van der Waals surface area contributed by atoms with Crippen molar-refractivity contribution in [2.75, 3.05) is 0 Å². The number of benzene rings is 2. The van der Waals surface area contributed by atoms with Crippen LogP contribution in [0.4, 0.5) is 0 Å². The van der Waals surface area contributed by atoms with Crippen LogP contribution in [0.3, 0.4) is 0 Å². The quantitative estimate of drug-likeness (QED) is 0.656. The van der Waals surface area contributed by atoms with E-state index in [-0.39, 0.29) is 5.63 Å². The van der Waals surface area contributed by atoms with E-state index in [9.17, 15) is 4.79 Å². The van der Waals surface area contributed by atoms with Crippen LogP contribution in [0.1, 0.15) is 0 Å². The maximum Gasteiger partial charge on any atom is 0.344 e. The first kappa shape index (κ1) is 11.1. The summed E-state index contributed by atoms with van der Waals surface area (Å²) >= 11 is 5.93. The molecule has 0 radical (unpaired) electrons. The normalized spacial score (nSPS) is 10.7. The molecule has 0 atom stereocenters. The van der Waals surface area contributed by atoms with Crippen molar-refractivity contribution >= 4 is 22.4 Å². The third kappa shape index (κ3) is 1.91. The van der Waals surface area contributed by atoms with Gasteiger partial charge in [-0.05, 0) is 29.7 Å². The summed E-state index contributed by atoms with van der Waals surface area (Å²) in [7, 11) is 0. The van der Waals surface area contributed by atoms with Crippen molar-refractivity contribution in [3.63, 3.8) is 0 Å². The van der Waals surface area contributed by atoms with Crippen LogP contribution in [0.2, 0.25) is 5.02 Å². The van der Waals surface area contributed by atoms with Crippen LogP contribution in [0.15, 0.2) is 63.8 Å². The van der Waals surface area contributed by atoms with E-state index in [1.165, 1.54) is 0 Å². The molecule has 2 nitrogen and oxygen atoms in total. The minimum atomic E-state index is -0.330. The van der Waals surface area contributed by atoms with Gasteiger partial charge < -0.3 is 4.42 Å². The van der Waals surface area contributed by atoms with E-state index in [1.807, 2.05) is 36.4 Å². The predicted octanol–water partition coefficient (Wildman–Crippen LogP) is 4.11. The van der Waals surface area contributed by atoms with E-state index in [2.05, 4.69) is 0 Å². The summed E-state index contributed by atoms with van der Waals surface area (Å²) in [6.45, 7) is 0. The Kier molecular flexibility index (Phi) is 2.65. The molecule has 0 spiro atoms. The van der Waals surface area contributed by atoms with Crippen molar-refractivity contribution in [2.24, 2.45) is 0 Å². The SMILES string of the molecule is O=c1oc(-c2cccc(Cl)c2)cc2ccccc12. The number of hydrogen-bond acceptors (Lipinski definition) is 2. The van der Waals surface area contributed by atoms with Crippen LogP contribution in [0.25, 0.3) is 22.1 Å². The van der Waals surface area contributed by atoms with Gasteiger partial charge in [0.1, 0.15) is 5.76 Å². The van der Waals surface area contributed by atoms with Gasteiger partial charge in [-0.1, -0.05) is 41.9 Å². The van der Waals surface area contributed by atoms with Gasteiger partial charge in [-0.25, -0.2) is 4.79 Å². The average molecular weight is 257 g/mol. The molecule has 0 aliphatic carbocycles. The molecule has 0 aliphatic rings. The average Bonchev–Trinajstić information content (AvgIpc) is 2.39. The summed E-state index contributed by atoms with van der Waals surface area (Å²) in [5, 5.41) is 2.07. The van der Waals surface area contributed by atoms with E-state index < -0.39 is 0 Å². The van der Waals surface area contributed by atoms with Crippen LogP contribution in [0.5, 0.6) is 0 Å². The Morgan fingerprint density at radius 3 is 2.61 bits per heavy atom. The standard InChI is InChI=1S/C15H9ClO2/c16-12-6-3-5-11(8-12)14-9-10-4-1-2-7-13(10)15(17)18-14/h1-9H. The third-order valence-corrected chi connectivity index (χ3v) is 3.01. The van der Waals surface area contributed by atoms with Gasteiger partial charge in [0.2, 0.25) is 0 Å². The van der Waals surface area contributed by atoms with Gasteiger partial charge >= 0.3 is 5.63 Å². The molecule has 0 saturated heterocycles. The lowest BCUT2D eigenvalue weighted by atomic mass is 10.1. The zero-order valence-electron chi connectivity index (χ0n) is 9.39. The molecule has 3 rings (SSSR count). The minimum absolute atomic E-state index is 0.330. The summed E-state index contributed by atoms with van der Waals surface area (Å²) < 4.78 is 5.32. The highest BCUT2D eigenvalue weighted by atomic mass is 35.5. The highest BCUT2D eigenvalue weighted by Gasteiger charge is 2.06. The Labute approximate surface area is 108 Å². The highest BCUT2D eigenvalue weighted by molar-refractivity contribution is 6.30.